The summed E-state index contributed by atoms with van der Waals surface area (Å²) in [5.41, 5.74) is 4.59. The fourth-order valence-electron chi connectivity index (χ4n) is 5.09. The number of carbonyl (C=O) groups excluding carboxylic acids is 2. The molecule has 1 saturated heterocycles. The van der Waals surface area contributed by atoms with E-state index >= 15 is 0 Å². The van der Waals surface area contributed by atoms with Gasteiger partial charge in [0.15, 0.2) is 5.11 Å². The molecule has 2 aliphatic rings. The van der Waals surface area contributed by atoms with Crippen LogP contribution in [0.25, 0.3) is 6.08 Å². The first-order valence-electron chi connectivity index (χ1n) is 11.6. The van der Waals surface area contributed by atoms with Gasteiger partial charge >= 0.3 is 0 Å². The number of benzene rings is 2. The number of hydrogen-bond acceptors (Lipinski definition) is 4. The van der Waals surface area contributed by atoms with Gasteiger partial charge in [-0.15, -0.1) is 0 Å². The van der Waals surface area contributed by atoms with Gasteiger partial charge in [0, 0.05) is 22.8 Å². The zero-order valence-corrected chi connectivity index (χ0v) is 21.8. The van der Waals surface area contributed by atoms with Crippen LogP contribution in [0.15, 0.2) is 42.0 Å². The number of anilines is 2. The van der Waals surface area contributed by atoms with E-state index in [0.717, 1.165) is 30.6 Å². The fourth-order valence-corrected chi connectivity index (χ4v) is 5.59. The lowest BCUT2D eigenvalue weighted by molar-refractivity contribution is -0.122. The van der Waals surface area contributed by atoms with Gasteiger partial charge in [-0.25, -0.2) is 0 Å². The van der Waals surface area contributed by atoms with Gasteiger partial charge in [0.1, 0.15) is 5.57 Å². The van der Waals surface area contributed by atoms with Crippen LogP contribution >= 0.6 is 23.8 Å². The quantitative estimate of drug-likeness (QED) is 0.322. The molecule has 34 heavy (non-hydrogen) atoms. The lowest BCUT2D eigenvalue weighted by Crippen LogP contribution is -2.54. The molecular weight excluding hydrogens is 466 g/mol. The number of halogens is 1. The van der Waals surface area contributed by atoms with E-state index in [4.69, 9.17) is 23.8 Å². The summed E-state index contributed by atoms with van der Waals surface area (Å²) < 4.78 is 0. The maximum atomic E-state index is 13.4. The Labute approximate surface area is 211 Å². The highest BCUT2D eigenvalue weighted by molar-refractivity contribution is 7.80. The summed E-state index contributed by atoms with van der Waals surface area (Å²) in [5, 5.41) is 3.23. The van der Waals surface area contributed by atoms with Crippen LogP contribution in [0.2, 0.25) is 5.02 Å². The third-order valence-electron chi connectivity index (χ3n) is 6.61. The van der Waals surface area contributed by atoms with Crippen LogP contribution in [0, 0.1) is 6.92 Å². The van der Waals surface area contributed by atoms with Crippen LogP contribution in [0.3, 0.4) is 0 Å². The van der Waals surface area contributed by atoms with E-state index < -0.39 is 11.8 Å². The SMILES string of the molecule is CCCN1c2cc(Cl)c(/C=C3/C(=O)NC(=S)N(c4cccc(C)c4)C3=O)cc2C(C)CC1(C)C. The highest BCUT2D eigenvalue weighted by Crippen LogP contribution is 2.45. The Morgan fingerprint density at radius 1 is 1.24 bits per heavy atom. The summed E-state index contributed by atoms with van der Waals surface area (Å²) in [4.78, 5) is 30.0. The first-order chi connectivity index (χ1) is 16.0. The number of hydrogen-bond donors (Lipinski definition) is 1. The van der Waals surface area contributed by atoms with E-state index in [9.17, 15) is 9.59 Å². The minimum atomic E-state index is -0.519. The number of nitrogens with zero attached hydrogens (tertiary/aromatic N) is 2. The zero-order valence-electron chi connectivity index (χ0n) is 20.2. The number of thiocarbonyl (C=S) groups is 1. The van der Waals surface area contributed by atoms with Crippen molar-refractivity contribution < 1.29 is 9.59 Å². The summed E-state index contributed by atoms with van der Waals surface area (Å²) in [6, 6.07) is 11.4. The molecule has 0 saturated carbocycles. The summed E-state index contributed by atoms with van der Waals surface area (Å²) >= 11 is 12.1. The molecule has 0 spiro atoms. The average Bonchev–Trinajstić information content (AvgIpc) is 2.74. The largest absolute Gasteiger partial charge is 0.366 e. The molecule has 0 aromatic heterocycles. The second-order valence-corrected chi connectivity index (χ2v) is 10.6. The third kappa shape index (κ3) is 4.37. The maximum Gasteiger partial charge on any atom is 0.270 e. The first-order valence-corrected chi connectivity index (χ1v) is 12.4. The van der Waals surface area contributed by atoms with Crippen molar-refractivity contribution in [2.45, 2.75) is 58.9 Å². The van der Waals surface area contributed by atoms with Crippen molar-refractivity contribution in [2.75, 3.05) is 16.3 Å². The van der Waals surface area contributed by atoms with Crippen LogP contribution in [0.5, 0.6) is 0 Å². The van der Waals surface area contributed by atoms with Gasteiger partial charge in [-0.2, -0.15) is 0 Å². The van der Waals surface area contributed by atoms with Crippen LogP contribution in [0.4, 0.5) is 11.4 Å². The molecule has 2 aliphatic heterocycles. The molecule has 1 atom stereocenters. The second-order valence-electron chi connectivity index (χ2n) is 9.80. The molecule has 1 unspecified atom stereocenters. The molecule has 0 bridgehead atoms. The van der Waals surface area contributed by atoms with E-state index in [0.29, 0.717) is 22.2 Å². The topological polar surface area (TPSA) is 52.7 Å². The molecule has 2 aromatic rings. The van der Waals surface area contributed by atoms with E-state index in [1.165, 1.54) is 10.5 Å². The van der Waals surface area contributed by atoms with Gasteiger partial charge < -0.3 is 4.90 Å². The lowest BCUT2D eigenvalue weighted by atomic mass is 9.79. The number of amides is 2. The number of aryl methyl sites for hydroxylation is 1. The normalized spacial score (nSPS) is 21.1. The van der Waals surface area contributed by atoms with Gasteiger partial charge in [-0.3, -0.25) is 19.8 Å². The van der Waals surface area contributed by atoms with Crippen LogP contribution < -0.4 is 15.1 Å². The molecule has 2 heterocycles. The van der Waals surface area contributed by atoms with Crippen LogP contribution in [0.1, 0.15) is 63.1 Å². The molecule has 5 nitrogen and oxygen atoms in total. The fraction of sp³-hybridized carbons (Fsp3) is 0.370. The Morgan fingerprint density at radius 2 is 1.97 bits per heavy atom. The molecular formula is C27H30ClN3O2S. The number of fused-ring (bicyclic) bond motifs is 1. The molecule has 0 radical (unpaired) electrons. The highest BCUT2D eigenvalue weighted by Gasteiger charge is 2.37. The van der Waals surface area contributed by atoms with Crippen molar-refractivity contribution in [3.8, 4) is 0 Å². The van der Waals surface area contributed by atoms with Gasteiger partial charge in [-0.05, 0) is 98.8 Å². The minimum Gasteiger partial charge on any atom is -0.366 e. The van der Waals surface area contributed by atoms with E-state index in [-0.39, 0.29) is 16.2 Å². The van der Waals surface area contributed by atoms with E-state index in [1.54, 1.807) is 12.1 Å². The molecule has 2 aromatic carbocycles. The highest BCUT2D eigenvalue weighted by atomic mass is 35.5. The average molecular weight is 496 g/mol. The molecule has 1 N–H and O–H groups in total. The van der Waals surface area contributed by atoms with Crippen molar-refractivity contribution in [3.05, 3.63) is 63.7 Å². The monoisotopic (exact) mass is 495 g/mol. The summed E-state index contributed by atoms with van der Waals surface area (Å²) in [5.74, 6) is -0.663. The Hall–Kier alpha value is -2.70. The van der Waals surface area contributed by atoms with Crippen molar-refractivity contribution in [2.24, 2.45) is 0 Å². The molecule has 2 amide bonds. The van der Waals surface area contributed by atoms with Gasteiger partial charge in [0.2, 0.25) is 0 Å². The Bertz CT molecular complexity index is 1220. The molecule has 1 fully saturated rings. The predicted molar refractivity (Wildman–Crippen MR) is 144 cm³/mol. The van der Waals surface area contributed by atoms with E-state index in [1.807, 2.05) is 37.3 Å². The van der Waals surface area contributed by atoms with E-state index in [2.05, 4.69) is 37.9 Å². The number of nitrogens with one attached hydrogen (secondary N) is 1. The molecule has 4 rings (SSSR count). The molecule has 178 valence electrons. The Morgan fingerprint density at radius 3 is 2.65 bits per heavy atom. The predicted octanol–water partition coefficient (Wildman–Crippen LogP) is 5.98. The van der Waals surface area contributed by atoms with Crippen molar-refractivity contribution in [3.63, 3.8) is 0 Å². The maximum absolute atomic E-state index is 13.4. The summed E-state index contributed by atoms with van der Waals surface area (Å²) in [7, 11) is 0. The summed E-state index contributed by atoms with van der Waals surface area (Å²) in [6.07, 6.45) is 3.62. The lowest BCUT2D eigenvalue weighted by Gasteiger charge is -2.47. The van der Waals surface area contributed by atoms with Crippen molar-refractivity contribution in [1.29, 1.82) is 0 Å². The van der Waals surface area contributed by atoms with Gasteiger partial charge in [-0.1, -0.05) is 37.6 Å². The summed E-state index contributed by atoms with van der Waals surface area (Å²) in [6.45, 7) is 11.8. The molecule has 0 aliphatic carbocycles. The molecule has 7 heteroatoms. The first kappa shape index (κ1) is 24.4. The van der Waals surface area contributed by atoms with Gasteiger partial charge in [0.05, 0.1) is 5.69 Å². The Kier molecular flexibility index (Phi) is 6.58. The third-order valence-corrected chi connectivity index (χ3v) is 7.22. The van der Waals surface area contributed by atoms with Crippen LogP contribution in [-0.2, 0) is 9.59 Å². The second kappa shape index (κ2) is 9.16. The van der Waals surface area contributed by atoms with Crippen molar-refractivity contribution >= 4 is 58.2 Å². The standard InChI is InChI=1S/C27H30ClN3O2S/c1-6-10-30-23-14-22(28)18(12-20(23)17(3)15-27(30,4)5)13-21-24(32)29-26(34)31(25(21)33)19-9-7-8-16(2)11-19/h7-9,11-14,17H,6,10,15H2,1-5H3,(H,29,32,34)/b21-13-. The minimum absolute atomic E-state index is 0.00571. The van der Waals surface area contributed by atoms with Crippen molar-refractivity contribution in [1.82, 2.24) is 5.32 Å². The Balaban J connectivity index is 1.78. The smallest absolute Gasteiger partial charge is 0.270 e. The number of carbonyl (C=O) groups is 2. The zero-order chi connectivity index (χ0) is 24.8. The van der Waals surface area contributed by atoms with Crippen LogP contribution in [-0.4, -0.2) is 29.0 Å². The number of rotatable bonds is 4. The van der Waals surface area contributed by atoms with Gasteiger partial charge in [0.25, 0.3) is 11.8 Å².